The summed E-state index contributed by atoms with van der Waals surface area (Å²) in [4.78, 5) is 15.7. The highest BCUT2D eigenvalue weighted by molar-refractivity contribution is 5.68. The highest BCUT2D eigenvalue weighted by Gasteiger charge is 2.59. The first-order valence-electron chi connectivity index (χ1n) is 20.6. The smallest absolute Gasteiger partial charge is 0.410 e. The predicted octanol–water partition coefficient (Wildman–Crippen LogP) is 9.73. The Balaban J connectivity index is 1.05. The van der Waals surface area contributed by atoms with Gasteiger partial charge in [-0.1, -0.05) is 66.0 Å². The molecule has 6 rings (SSSR count). The number of allylic oxidation sites excluding steroid dienone is 1. The molecule has 0 bridgehead atoms. The van der Waals surface area contributed by atoms with Crippen LogP contribution < -0.4 is 11.5 Å². The maximum Gasteiger partial charge on any atom is 0.410 e. The van der Waals surface area contributed by atoms with Crippen molar-refractivity contribution in [3.8, 4) is 0 Å². The molecule has 0 aromatic carbocycles. The summed E-state index contributed by atoms with van der Waals surface area (Å²) in [5, 5.41) is 0. The van der Waals surface area contributed by atoms with Gasteiger partial charge in [-0.15, -0.1) is 0 Å². The maximum atomic E-state index is 13.7. The number of nitrogens with two attached hydrogens (primary N) is 2. The number of hydrogen-bond donors (Lipinski definition) is 2. The second-order valence-electron chi connectivity index (χ2n) is 19.0. The first-order valence-corrected chi connectivity index (χ1v) is 20.6. The molecule has 6 aliphatic rings. The second-order valence-corrected chi connectivity index (χ2v) is 19.0. The molecule has 5 nitrogen and oxygen atoms in total. The second kappa shape index (κ2) is 14.7. The van der Waals surface area contributed by atoms with Gasteiger partial charge in [0, 0.05) is 31.6 Å². The molecule has 6 aliphatic carbocycles. The van der Waals surface area contributed by atoms with Crippen LogP contribution in [0.15, 0.2) is 11.6 Å². The summed E-state index contributed by atoms with van der Waals surface area (Å²) in [7, 11) is 0. The van der Waals surface area contributed by atoms with Gasteiger partial charge >= 0.3 is 6.09 Å². The lowest BCUT2D eigenvalue weighted by molar-refractivity contribution is -0.0596. The summed E-state index contributed by atoms with van der Waals surface area (Å²) in [6, 6.07) is 0.725. The third-order valence-corrected chi connectivity index (χ3v) is 16.0. The highest BCUT2D eigenvalue weighted by Crippen LogP contribution is 2.67. The van der Waals surface area contributed by atoms with Crippen molar-refractivity contribution in [1.82, 2.24) is 4.90 Å². The summed E-state index contributed by atoms with van der Waals surface area (Å²) in [6.07, 6.45) is 23.4. The molecule has 1 amide bonds. The van der Waals surface area contributed by atoms with Crippen molar-refractivity contribution in [3.63, 3.8) is 0 Å². The molecule has 0 spiro atoms. The molecule has 5 heteroatoms. The van der Waals surface area contributed by atoms with Crippen molar-refractivity contribution >= 4 is 6.09 Å². The van der Waals surface area contributed by atoms with E-state index in [0.717, 1.165) is 106 Å². The number of carbonyl (C=O) groups is 1. The van der Waals surface area contributed by atoms with Crippen molar-refractivity contribution < 1.29 is 9.53 Å². The van der Waals surface area contributed by atoms with Gasteiger partial charge in [0.2, 0.25) is 0 Å². The molecule has 5 fully saturated rings. The van der Waals surface area contributed by atoms with Gasteiger partial charge in [0.25, 0.3) is 0 Å². The van der Waals surface area contributed by atoms with E-state index in [1.807, 2.05) is 4.90 Å². The number of nitrogens with zero attached hydrogens (tertiary/aromatic N) is 1. The Morgan fingerprint density at radius 3 is 2.17 bits per heavy atom. The number of ether oxygens (including phenoxy) is 1. The molecule has 0 heterocycles. The molecule has 0 aromatic heterocycles. The van der Waals surface area contributed by atoms with Crippen LogP contribution in [0.25, 0.3) is 0 Å². The van der Waals surface area contributed by atoms with E-state index in [1.165, 1.54) is 57.8 Å². The number of rotatable bonds is 13. The largest absolute Gasteiger partial charge is 0.446 e. The maximum absolute atomic E-state index is 13.7. The molecule has 7 unspecified atom stereocenters. The normalized spacial score (nSPS) is 42.2. The topological polar surface area (TPSA) is 81.6 Å². The summed E-state index contributed by atoms with van der Waals surface area (Å²) in [6.45, 7) is 16.8. The van der Waals surface area contributed by atoms with Crippen LogP contribution in [0, 0.1) is 64.1 Å². The van der Waals surface area contributed by atoms with Crippen LogP contribution in [0.2, 0.25) is 0 Å². The zero-order chi connectivity index (χ0) is 33.5. The number of amides is 1. The quantitative estimate of drug-likeness (QED) is 0.194. The summed E-state index contributed by atoms with van der Waals surface area (Å²) in [5.74, 6) is 7.31. The average molecular weight is 652 g/mol. The minimum atomic E-state index is -0.0710. The zero-order valence-electron chi connectivity index (χ0n) is 31.4. The average Bonchev–Trinajstić information content (AvgIpc) is 3.36. The number of fused-ring (bicyclic) bond motifs is 5. The zero-order valence-corrected chi connectivity index (χ0v) is 31.4. The fourth-order valence-corrected chi connectivity index (χ4v) is 12.6. The van der Waals surface area contributed by atoms with Gasteiger partial charge in [-0.3, -0.25) is 0 Å². The Hall–Kier alpha value is -1.07. The molecule has 5 saturated carbocycles. The molecular formula is C42H73N3O2. The van der Waals surface area contributed by atoms with E-state index in [2.05, 4.69) is 47.6 Å². The molecule has 0 aromatic rings. The Kier molecular flexibility index (Phi) is 11.1. The summed E-state index contributed by atoms with van der Waals surface area (Å²) < 4.78 is 6.38. The van der Waals surface area contributed by atoms with Crippen molar-refractivity contribution in [2.24, 2.45) is 75.6 Å². The Morgan fingerprint density at radius 1 is 0.915 bits per heavy atom. The van der Waals surface area contributed by atoms with Crippen LogP contribution in [-0.2, 0) is 4.74 Å². The Labute approximate surface area is 289 Å². The number of carbonyl (C=O) groups excluding carboxylic acids is 1. The minimum Gasteiger partial charge on any atom is -0.446 e. The third kappa shape index (κ3) is 7.38. The van der Waals surface area contributed by atoms with Crippen LogP contribution in [0.5, 0.6) is 0 Å². The van der Waals surface area contributed by atoms with Gasteiger partial charge in [0.1, 0.15) is 6.10 Å². The van der Waals surface area contributed by atoms with Gasteiger partial charge in [0.15, 0.2) is 0 Å². The molecule has 47 heavy (non-hydrogen) atoms. The Morgan fingerprint density at radius 2 is 1.57 bits per heavy atom. The van der Waals surface area contributed by atoms with Crippen molar-refractivity contribution in [3.05, 3.63) is 11.6 Å². The van der Waals surface area contributed by atoms with E-state index in [9.17, 15) is 4.79 Å². The third-order valence-electron chi connectivity index (χ3n) is 16.0. The van der Waals surface area contributed by atoms with Crippen molar-refractivity contribution in [2.45, 2.75) is 169 Å². The minimum absolute atomic E-state index is 0.0264. The van der Waals surface area contributed by atoms with Gasteiger partial charge < -0.3 is 21.1 Å². The fraction of sp³-hybridized carbons (Fsp3) is 0.929. The fourth-order valence-electron chi connectivity index (χ4n) is 12.6. The standard InChI is InChI=1S/C42H73N3O2/c1-7-31(27(2)3)9-8-28(4)37-12-13-38-36-11-10-32-26-35(14-18-41(32,5)39(36)15-19-42(37,38)6)47-40(46)45(20-16-29-22-33(43)23-29)21-17-30-24-34(44)25-30/h10,27-31,33-39H,7-9,11-26,43-44H2,1-6H3/t28-,29?,30?,31-,33?,34?,35?,36?,37?,38?,39?,41?,42?/m1/s1. The van der Waals surface area contributed by atoms with Gasteiger partial charge in [-0.25, -0.2) is 4.79 Å². The molecule has 268 valence electrons. The molecule has 4 N–H and O–H groups in total. The van der Waals surface area contributed by atoms with Crippen LogP contribution in [0.3, 0.4) is 0 Å². The van der Waals surface area contributed by atoms with E-state index < -0.39 is 0 Å². The van der Waals surface area contributed by atoms with Crippen molar-refractivity contribution in [2.75, 3.05) is 13.1 Å². The van der Waals surface area contributed by atoms with Crippen LogP contribution in [-0.4, -0.2) is 42.3 Å². The lowest BCUT2D eigenvalue weighted by Crippen LogP contribution is -2.51. The van der Waals surface area contributed by atoms with E-state index in [4.69, 9.17) is 16.2 Å². The summed E-state index contributed by atoms with van der Waals surface area (Å²) in [5.41, 5.74) is 14.5. The van der Waals surface area contributed by atoms with E-state index in [0.29, 0.717) is 29.3 Å². The van der Waals surface area contributed by atoms with Gasteiger partial charge in [0.05, 0.1) is 0 Å². The van der Waals surface area contributed by atoms with E-state index in [1.54, 1.807) is 5.57 Å². The molecule has 0 radical (unpaired) electrons. The van der Waals surface area contributed by atoms with E-state index in [-0.39, 0.29) is 17.6 Å². The van der Waals surface area contributed by atoms with Gasteiger partial charge in [-0.05, 0) is 154 Å². The first kappa shape index (κ1) is 35.7. The number of hydrogen-bond acceptors (Lipinski definition) is 4. The van der Waals surface area contributed by atoms with Crippen molar-refractivity contribution in [1.29, 1.82) is 0 Å². The summed E-state index contributed by atoms with van der Waals surface area (Å²) >= 11 is 0. The van der Waals surface area contributed by atoms with Crippen LogP contribution >= 0.6 is 0 Å². The lowest BCUT2D eigenvalue weighted by atomic mass is 9.47. The SMILES string of the molecule is CC[C@H](CC[C@@H](C)C1CCC2C3CC=C4CC(OC(=O)N(CCC5CC(N)C5)CCC5CC(N)C5)CCC4(C)C3CCC21C)C(C)C. The van der Waals surface area contributed by atoms with E-state index >= 15 is 0 Å². The van der Waals surface area contributed by atoms with Gasteiger partial charge in [-0.2, -0.15) is 0 Å². The highest BCUT2D eigenvalue weighted by atomic mass is 16.6. The monoisotopic (exact) mass is 652 g/mol. The molecule has 9 atom stereocenters. The lowest BCUT2D eigenvalue weighted by Gasteiger charge is -2.58. The van der Waals surface area contributed by atoms with Crippen LogP contribution in [0.4, 0.5) is 4.79 Å². The molecular weight excluding hydrogens is 578 g/mol. The first-order chi connectivity index (χ1) is 22.4. The molecule has 0 saturated heterocycles. The Bertz CT molecular complexity index is 1070. The predicted molar refractivity (Wildman–Crippen MR) is 195 cm³/mol. The van der Waals surface area contributed by atoms with Crippen LogP contribution in [0.1, 0.15) is 151 Å². The molecule has 0 aliphatic heterocycles.